The number of hydrogen-bond donors (Lipinski definition) is 6. The van der Waals surface area contributed by atoms with Gasteiger partial charge in [-0.15, -0.1) is 0 Å². The van der Waals surface area contributed by atoms with Gasteiger partial charge in [-0.05, 0) is 0 Å². The quantitative estimate of drug-likeness (QED) is 0.228. The van der Waals surface area contributed by atoms with Gasteiger partial charge in [0, 0.05) is 0 Å². The van der Waals surface area contributed by atoms with E-state index in [0.717, 1.165) is 0 Å². The van der Waals surface area contributed by atoms with Crippen molar-refractivity contribution in [2.24, 2.45) is 0 Å². The molecule has 1 saturated heterocycles. The van der Waals surface area contributed by atoms with Crippen LogP contribution in [0, 0.1) is 0 Å². The Hall–Kier alpha value is -0.0900. The molecule has 0 amide bonds. The Bertz CT molecular complexity index is 275. The van der Waals surface area contributed by atoms with Gasteiger partial charge in [-0.1, -0.05) is 0 Å². The number of phosphoric acid groups is 1. The summed E-state index contributed by atoms with van der Waals surface area (Å²) in [6.45, 7) is -0.702. The van der Waals surface area contributed by atoms with Gasteiger partial charge in [0.15, 0.2) is 6.29 Å². The van der Waals surface area contributed by atoms with E-state index in [1.807, 2.05) is 0 Å². The molecule has 16 heavy (non-hydrogen) atoms. The minimum absolute atomic E-state index is 0.702. The lowest BCUT2D eigenvalue weighted by Gasteiger charge is -2.39. The van der Waals surface area contributed by atoms with Gasteiger partial charge in [0.25, 0.3) is 0 Å². The third-order valence-electron chi connectivity index (χ3n) is 2.09. The van der Waals surface area contributed by atoms with Gasteiger partial charge < -0.3 is 34.9 Å². The molecule has 1 fully saturated rings. The van der Waals surface area contributed by atoms with Crippen molar-refractivity contribution >= 4 is 7.82 Å². The highest BCUT2D eigenvalue weighted by Crippen LogP contribution is 2.40. The Morgan fingerprint density at radius 2 is 1.69 bits per heavy atom. The average Bonchev–Trinajstić information content (AvgIpc) is 2.17. The summed E-state index contributed by atoms with van der Waals surface area (Å²) < 4.78 is 19.2. The smallest absolute Gasteiger partial charge is 0.394 e. The van der Waals surface area contributed by atoms with Gasteiger partial charge in [0.05, 0.1) is 6.61 Å². The molecule has 0 aromatic heterocycles. The van der Waals surface area contributed by atoms with Crippen molar-refractivity contribution in [3.05, 3.63) is 0 Å². The predicted octanol–water partition coefficient (Wildman–Crippen LogP) is -3.10. The standard InChI is InChI=1S/C6H13O9P/c7-1-2-3(8)4(9)5(10)6(14-2)15-16(11,12)13/h2-10H,1H2,(H2,11,12,13)/t2-,3+,4+,5-,6-/m1/s1/i5+1. The molecule has 0 saturated carbocycles. The maximum atomic E-state index is 10.5. The minimum Gasteiger partial charge on any atom is -0.394 e. The van der Waals surface area contributed by atoms with E-state index in [0.29, 0.717) is 0 Å². The molecule has 10 heteroatoms. The van der Waals surface area contributed by atoms with Crippen LogP contribution in [0.5, 0.6) is 0 Å². The second-order valence-corrected chi connectivity index (χ2v) is 4.49. The lowest BCUT2D eigenvalue weighted by atomic mass is 10.1. The first-order valence-electron chi connectivity index (χ1n) is 4.30. The molecular formula is C6H13O9P. The Balaban J connectivity index is 2.75. The fourth-order valence-electron chi connectivity index (χ4n) is 1.29. The van der Waals surface area contributed by atoms with Gasteiger partial charge >= 0.3 is 7.82 Å². The van der Waals surface area contributed by atoms with Crippen LogP contribution in [0.1, 0.15) is 0 Å². The molecule has 0 aromatic carbocycles. The number of aliphatic hydroxyl groups is 4. The van der Waals surface area contributed by atoms with Crippen LogP contribution in [0.2, 0.25) is 0 Å². The lowest BCUT2D eigenvalue weighted by molar-refractivity contribution is -0.280. The Kier molecular flexibility index (Phi) is 4.41. The molecule has 0 unspecified atom stereocenters. The van der Waals surface area contributed by atoms with E-state index in [4.69, 9.17) is 14.9 Å². The summed E-state index contributed by atoms with van der Waals surface area (Å²) in [7, 11) is -4.91. The van der Waals surface area contributed by atoms with Crippen molar-refractivity contribution < 1.29 is 44.0 Å². The van der Waals surface area contributed by atoms with Gasteiger partial charge in [0.2, 0.25) is 0 Å². The fourth-order valence-corrected chi connectivity index (χ4v) is 1.73. The first kappa shape index (κ1) is 14.0. The van der Waals surface area contributed by atoms with Crippen molar-refractivity contribution in [1.82, 2.24) is 0 Å². The first-order valence-corrected chi connectivity index (χ1v) is 5.83. The van der Waals surface area contributed by atoms with Gasteiger partial charge in [-0.2, -0.15) is 0 Å². The summed E-state index contributed by atoms with van der Waals surface area (Å²) in [6.07, 6.45) is -8.25. The fraction of sp³-hybridized carbons (Fsp3) is 1.00. The molecule has 0 radical (unpaired) electrons. The number of aliphatic hydroxyl groups excluding tert-OH is 4. The van der Waals surface area contributed by atoms with Crippen molar-refractivity contribution in [3.8, 4) is 0 Å². The van der Waals surface area contributed by atoms with Crippen molar-refractivity contribution in [2.45, 2.75) is 30.7 Å². The summed E-state index contributed by atoms with van der Waals surface area (Å²) in [6, 6.07) is 0. The molecule has 9 nitrogen and oxygen atoms in total. The highest BCUT2D eigenvalue weighted by atomic mass is 31.2. The van der Waals surface area contributed by atoms with Crippen LogP contribution in [0.25, 0.3) is 0 Å². The molecule has 0 aromatic rings. The zero-order valence-electron chi connectivity index (χ0n) is 7.95. The van der Waals surface area contributed by atoms with Crippen molar-refractivity contribution in [3.63, 3.8) is 0 Å². The van der Waals surface area contributed by atoms with E-state index < -0.39 is 45.1 Å². The number of rotatable bonds is 3. The zero-order chi connectivity index (χ0) is 12.5. The van der Waals surface area contributed by atoms with Crippen LogP contribution in [-0.4, -0.2) is 67.5 Å². The third kappa shape index (κ3) is 3.20. The van der Waals surface area contributed by atoms with Crippen LogP contribution in [0.3, 0.4) is 0 Å². The molecule has 0 bridgehead atoms. The first-order chi connectivity index (χ1) is 7.26. The number of phosphoric ester groups is 1. The summed E-state index contributed by atoms with van der Waals surface area (Å²) in [5, 5.41) is 36.6. The Morgan fingerprint density at radius 3 is 2.12 bits per heavy atom. The second-order valence-electron chi connectivity index (χ2n) is 3.29. The second kappa shape index (κ2) is 5.05. The molecule has 0 spiro atoms. The molecular weight excluding hydrogens is 248 g/mol. The Labute approximate surface area is 90.1 Å². The zero-order valence-corrected chi connectivity index (χ0v) is 8.84. The normalized spacial score (nSPS) is 41.0. The molecule has 0 aliphatic carbocycles. The van der Waals surface area contributed by atoms with Gasteiger partial charge in [-0.3, -0.25) is 4.52 Å². The molecule has 1 aliphatic heterocycles. The van der Waals surface area contributed by atoms with E-state index in [1.54, 1.807) is 0 Å². The summed E-state index contributed by atoms with van der Waals surface area (Å²) in [5.74, 6) is 0. The van der Waals surface area contributed by atoms with E-state index in [-0.39, 0.29) is 0 Å². The van der Waals surface area contributed by atoms with E-state index >= 15 is 0 Å². The minimum atomic E-state index is -4.91. The van der Waals surface area contributed by atoms with Crippen molar-refractivity contribution in [2.75, 3.05) is 6.61 Å². The van der Waals surface area contributed by atoms with E-state index in [9.17, 15) is 19.9 Å². The van der Waals surface area contributed by atoms with Crippen LogP contribution in [0.15, 0.2) is 0 Å². The lowest BCUT2D eigenvalue weighted by Crippen LogP contribution is -2.58. The highest BCUT2D eigenvalue weighted by molar-refractivity contribution is 7.46. The topological polar surface area (TPSA) is 157 Å². The summed E-state index contributed by atoms with van der Waals surface area (Å²) >= 11 is 0. The maximum Gasteiger partial charge on any atom is 0.472 e. The largest absolute Gasteiger partial charge is 0.472 e. The highest BCUT2D eigenvalue weighted by Gasteiger charge is 2.46. The number of ether oxygens (including phenoxy) is 1. The van der Waals surface area contributed by atoms with E-state index in [1.165, 1.54) is 0 Å². The predicted molar refractivity (Wildman–Crippen MR) is 46.9 cm³/mol. The average molecular weight is 261 g/mol. The van der Waals surface area contributed by atoms with Gasteiger partial charge in [-0.25, -0.2) is 4.57 Å². The Morgan fingerprint density at radius 1 is 1.12 bits per heavy atom. The third-order valence-corrected chi connectivity index (χ3v) is 2.57. The molecule has 5 atom stereocenters. The van der Waals surface area contributed by atoms with Crippen LogP contribution in [0.4, 0.5) is 0 Å². The molecule has 96 valence electrons. The molecule has 1 heterocycles. The monoisotopic (exact) mass is 261 g/mol. The molecule has 1 aliphatic rings. The SMILES string of the molecule is O=P(O)(O)O[C@H]1O[C@H](CO)[C@H](O)[C@H](O)[13C@H]1O. The van der Waals surface area contributed by atoms with Gasteiger partial charge in [0.1, 0.15) is 24.4 Å². The molecule has 6 N–H and O–H groups in total. The molecule has 1 rings (SSSR count). The summed E-state index contributed by atoms with van der Waals surface area (Å²) in [4.78, 5) is 17.0. The van der Waals surface area contributed by atoms with Crippen LogP contribution < -0.4 is 0 Å². The number of hydrogen-bond acceptors (Lipinski definition) is 7. The summed E-state index contributed by atoms with van der Waals surface area (Å²) in [5.41, 5.74) is 0. The van der Waals surface area contributed by atoms with E-state index in [2.05, 4.69) is 9.26 Å². The van der Waals surface area contributed by atoms with Crippen molar-refractivity contribution in [1.29, 1.82) is 0 Å². The maximum absolute atomic E-state index is 10.5. The van der Waals surface area contributed by atoms with Crippen LogP contribution >= 0.6 is 7.82 Å². The van der Waals surface area contributed by atoms with Crippen LogP contribution in [-0.2, 0) is 13.8 Å².